The Kier molecular flexibility index (Phi) is 3.07. The van der Waals surface area contributed by atoms with Crippen LogP contribution in [0.15, 0.2) is 0 Å². The van der Waals surface area contributed by atoms with E-state index >= 15 is 0 Å². The molecule has 0 bridgehead atoms. The van der Waals surface area contributed by atoms with E-state index in [0.29, 0.717) is 19.3 Å². The Morgan fingerprint density at radius 1 is 1.15 bits per heavy atom. The van der Waals surface area contributed by atoms with Crippen molar-refractivity contribution < 1.29 is 9.59 Å². The average Bonchev–Trinajstić information content (AvgIpc) is 1.99. The number of hydrogen-bond donors (Lipinski definition) is 1. The number of nitrogens with one attached hydrogen (secondary N) is 1. The second-order valence-electron chi connectivity index (χ2n) is 4.35. The van der Waals surface area contributed by atoms with E-state index in [0.717, 1.165) is 12.8 Å². The van der Waals surface area contributed by atoms with Gasteiger partial charge in [0.1, 0.15) is 5.78 Å². The summed E-state index contributed by atoms with van der Waals surface area (Å²) in [5.74, 6) is 0.326. The van der Waals surface area contributed by atoms with E-state index in [4.69, 9.17) is 0 Å². The molecule has 1 aliphatic rings. The highest BCUT2D eigenvalue weighted by atomic mass is 16.2. The summed E-state index contributed by atoms with van der Waals surface area (Å²) in [5.41, 5.74) is -0.363. The number of carbonyl (C=O) groups excluding carboxylic acids is 2. The lowest BCUT2D eigenvalue weighted by Crippen LogP contribution is -2.44. The molecule has 0 aliphatic carbocycles. The molecule has 1 rings (SSSR count). The summed E-state index contributed by atoms with van der Waals surface area (Å²) in [4.78, 5) is 22.6. The van der Waals surface area contributed by atoms with Crippen molar-refractivity contribution in [1.82, 2.24) is 5.32 Å². The van der Waals surface area contributed by atoms with Crippen molar-refractivity contribution in [2.24, 2.45) is 0 Å². The Morgan fingerprint density at radius 3 is 2.46 bits per heavy atom. The zero-order chi connectivity index (χ0) is 9.90. The van der Waals surface area contributed by atoms with E-state index in [1.807, 2.05) is 13.8 Å². The molecule has 1 aliphatic heterocycles. The van der Waals surface area contributed by atoms with Gasteiger partial charge in [-0.25, -0.2) is 0 Å². The van der Waals surface area contributed by atoms with Crippen LogP contribution in [0.1, 0.15) is 46.0 Å². The van der Waals surface area contributed by atoms with E-state index < -0.39 is 0 Å². The van der Waals surface area contributed by atoms with Crippen LogP contribution in [0.2, 0.25) is 0 Å². The fraction of sp³-hybridized carbons (Fsp3) is 0.800. The summed E-state index contributed by atoms with van der Waals surface area (Å²) < 4.78 is 0. The lowest BCUT2D eigenvalue weighted by Gasteiger charge is -2.24. The van der Waals surface area contributed by atoms with Gasteiger partial charge in [-0.15, -0.1) is 0 Å². The highest BCUT2D eigenvalue weighted by molar-refractivity contribution is 5.82. The van der Waals surface area contributed by atoms with Crippen molar-refractivity contribution in [3.8, 4) is 0 Å². The Labute approximate surface area is 78.9 Å². The first-order valence-corrected chi connectivity index (χ1v) is 4.82. The lowest BCUT2D eigenvalue weighted by molar-refractivity contribution is -0.123. The second-order valence-corrected chi connectivity index (χ2v) is 4.35. The summed E-state index contributed by atoms with van der Waals surface area (Å²) in [6.07, 6.45) is 3.31. The fourth-order valence-corrected chi connectivity index (χ4v) is 1.67. The molecule has 0 atom stereocenters. The van der Waals surface area contributed by atoms with Crippen LogP contribution in [0.4, 0.5) is 0 Å². The van der Waals surface area contributed by atoms with E-state index in [-0.39, 0.29) is 17.2 Å². The van der Waals surface area contributed by atoms with E-state index in [9.17, 15) is 9.59 Å². The van der Waals surface area contributed by atoms with Crippen molar-refractivity contribution in [3.63, 3.8) is 0 Å². The van der Waals surface area contributed by atoms with Crippen LogP contribution in [-0.2, 0) is 9.59 Å². The van der Waals surface area contributed by atoms with Crippen LogP contribution in [0.25, 0.3) is 0 Å². The lowest BCUT2D eigenvalue weighted by atomic mass is 9.96. The maximum absolute atomic E-state index is 11.4. The Balaban J connectivity index is 2.64. The third-order valence-electron chi connectivity index (χ3n) is 2.23. The normalized spacial score (nSPS) is 24.2. The van der Waals surface area contributed by atoms with Crippen LogP contribution in [-0.4, -0.2) is 17.2 Å². The van der Waals surface area contributed by atoms with E-state index in [1.54, 1.807) is 0 Å². The van der Waals surface area contributed by atoms with Gasteiger partial charge in [0.05, 0.1) is 0 Å². The number of rotatable bonds is 0. The zero-order valence-corrected chi connectivity index (χ0v) is 8.35. The van der Waals surface area contributed by atoms with Crippen LogP contribution in [0.3, 0.4) is 0 Å². The van der Waals surface area contributed by atoms with E-state index in [2.05, 4.69) is 5.32 Å². The van der Waals surface area contributed by atoms with Gasteiger partial charge >= 0.3 is 0 Å². The summed E-state index contributed by atoms with van der Waals surface area (Å²) in [6.45, 7) is 3.79. The molecular weight excluding hydrogens is 166 g/mol. The van der Waals surface area contributed by atoms with Gasteiger partial charge in [-0.1, -0.05) is 0 Å². The van der Waals surface area contributed by atoms with Crippen LogP contribution in [0.5, 0.6) is 0 Å². The van der Waals surface area contributed by atoms with Crippen LogP contribution in [0, 0.1) is 0 Å². The molecule has 0 unspecified atom stereocenters. The molecule has 1 fully saturated rings. The standard InChI is InChI=1S/C10H17NO2/c1-10(2)7-8(12)5-3-4-6-9(13)11-10/h3-7H2,1-2H3,(H,11,13). The molecule has 0 aromatic carbocycles. The molecule has 1 saturated heterocycles. The van der Waals surface area contributed by atoms with Crippen molar-refractivity contribution in [3.05, 3.63) is 0 Å². The minimum absolute atomic E-state index is 0.0692. The molecule has 0 spiro atoms. The molecule has 0 aromatic heterocycles. The van der Waals surface area contributed by atoms with Crippen molar-refractivity contribution in [1.29, 1.82) is 0 Å². The summed E-state index contributed by atoms with van der Waals surface area (Å²) in [5, 5.41) is 2.87. The number of Topliss-reactive ketones (excluding diaryl/α,β-unsaturated/α-hetero) is 1. The van der Waals surface area contributed by atoms with Crippen molar-refractivity contribution in [2.75, 3.05) is 0 Å². The third kappa shape index (κ3) is 3.57. The van der Waals surface area contributed by atoms with Gasteiger partial charge in [-0.2, -0.15) is 0 Å². The second kappa shape index (κ2) is 3.90. The Hall–Kier alpha value is -0.860. The summed E-state index contributed by atoms with van der Waals surface area (Å²) in [6, 6.07) is 0. The van der Waals surface area contributed by atoms with Gasteiger partial charge in [0.2, 0.25) is 5.91 Å². The third-order valence-corrected chi connectivity index (χ3v) is 2.23. The van der Waals surface area contributed by atoms with Crippen LogP contribution >= 0.6 is 0 Å². The number of carbonyl (C=O) groups is 2. The van der Waals surface area contributed by atoms with Gasteiger partial charge in [0.25, 0.3) is 0 Å². The maximum Gasteiger partial charge on any atom is 0.220 e. The Bertz CT molecular complexity index is 199. The first kappa shape index (κ1) is 10.2. The number of ketones is 1. The topological polar surface area (TPSA) is 46.2 Å². The van der Waals surface area contributed by atoms with Crippen LogP contribution < -0.4 is 5.32 Å². The number of hydrogen-bond acceptors (Lipinski definition) is 2. The van der Waals surface area contributed by atoms with Crippen molar-refractivity contribution >= 4 is 11.7 Å². The SMILES string of the molecule is CC1(C)CC(=O)CCCCC(=O)N1. The molecule has 0 aromatic rings. The maximum atomic E-state index is 11.4. The monoisotopic (exact) mass is 183 g/mol. The summed E-state index contributed by atoms with van der Waals surface area (Å²) in [7, 11) is 0. The number of amides is 1. The van der Waals surface area contributed by atoms with E-state index in [1.165, 1.54) is 0 Å². The predicted octanol–water partition coefficient (Wildman–Crippen LogP) is 1.41. The van der Waals surface area contributed by atoms with Gasteiger partial charge in [-0.3, -0.25) is 9.59 Å². The highest BCUT2D eigenvalue weighted by Crippen LogP contribution is 2.15. The molecule has 0 radical (unpaired) electrons. The molecule has 3 heteroatoms. The van der Waals surface area contributed by atoms with Gasteiger partial charge in [0.15, 0.2) is 0 Å². The molecule has 1 N–H and O–H groups in total. The minimum Gasteiger partial charge on any atom is -0.351 e. The largest absolute Gasteiger partial charge is 0.351 e. The molecular formula is C10H17NO2. The quantitative estimate of drug-likeness (QED) is 0.617. The zero-order valence-electron chi connectivity index (χ0n) is 8.35. The average molecular weight is 183 g/mol. The molecule has 74 valence electrons. The molecule has 13 heavy (non-hydrogen) atoms. The van der Waals surface area contributed by atoms with Gasteiger partial charge in [-0.05, 0) is 26.7 Å². The molecule has 1 heterocycles. The van der Waals surface area contributed by atoms with Gasteiger partial charge in [0, 0.05) is 24.8 Å². The molecule has 0 saturated carbocycles. The Morgan fingerprint density at radius 2 is 1.77 bits per heavy atom. The summed E-state index contributed by atoms with van der Waals surface area (Å²) >= 11 is 0. The smallest absolute Gasteiger partial charge is 0.220 e. The molecule has 3 nitrogen and oxygen atoms in total. The highest BCUT2D eigenvalue weighted by Gasteiger charge is 2.24. The van der Waals surface area contributed by atoms with Crippen molar-refractivity contribution in [2.45, 2.75) is 51.5 Å². The minimum atomic E-state index is -0.363. The fourth-order valence-electron chi connectivity index (χ4n) is 1.67. The predicted molar refractivity (Wildman–Crippen MR) is 50.3 cm³/mol. The first-order valence-electron chi connectivity index (χ1n) is 4.82. The van der Waals surface area contributed by atoms with Gasteiger partial charge < -0.3 is 5.32 Å². The molecule has 1 amide bonds. The first-order chi connectivity index (χ1) is 5.99.